The van der Waals surface area contributed by atoms with E-state index in [1.807, 2.05) is 20.8 Å². The molecule has 1 aromatic heterocycles. The monoisotopic (exact) mass is 224 g/mol. The predicted octanol–water partition coefficient (Wildman–Crippen LogP) is 1.45. The van der Waals surface area contributed by atoms with E-state index in [0.717, 1.165) is 5.69 Å². The summed E-state index contributed by atoms with van der Waals surface area (Å²) in [6.07, 6.45) is 1.20. The minimum absolute atomic E-state index is 0.211. The molecular formula is C11H16N2O3. The van der Waals surface area contributed by atoms with Gasteiger partial charge in [0.25, 0.3) is 0 Å². The summed E-state index contributed by atoms with van der Waals surface area (Å²) in [4.78, 5) is 22.8. The number of rotatable bonds is 3. The van der Waals surface area contributed by atoms with Gasteiger partial charge in [0.05, 0.1) is 24.6 Å². The van der Waals surface area contributed by atoms with Gasteiger partial charge >= 0.3 is 5.97 Å². The van der Waals surface area contributed by atoms with Crippen LogP contribution in [0.3, 0.4) is 0 Å². The minimum Gasteiger partial charge on any atom is -0.469 e. The highest BCUT2D eigenvalue weighted by atomic mass is 16.5. The lowest BCUT2D eigenvalue weighted by atomic mass is 9.88. The van der Waals surface area contributed by atoms with Crippen LogP contribution in [0.4, 0.5) is 0 Å². The van der Waals surface area contributed by atoms with Crippen molar-refractivity contribution >= 4 is 11.8 Å². The summed E-state index contributed by atoms with van der Waals surface area (Å²) in [5, 5.41) is 6.64. The van der Waals surface area contributed by atoms with E-state index < -0.39 is 5.97 Å². The number of aromatic nitrogens is 2. The number of methoxy groups -OCH3 is 1. The van der Waals surface area contributed by atoms with Gasteiger partial charge in [-0.1, -0.05) is 20.8 Å². The molecule has 5 heteroatoms. The summed E-state index contributed by atoms with van der Waals surface area (Å²) < 4.78 is 4.45. The largest absolute Gasteiger partial charge is 0.469 e. The van der Waals surface area contributed by atoms with Gasteiger partial charge in [-0.15, -0.1) is 0 Å². The highest BCUT2D eigenvalue weighted by molar-refractivity contribution is 6.06. The average molecular weight is 224 g/mol. The molecule has 0 spiro atoms. The van der Waals surface area contributed by atoms with E-state index in [1.165, 1.54) is 13.3 Å². The molecule has 0 aromatic carbocycles. The molecule has 5 nitrogen and oxygen atoms in total. The summed E-state index contributed by atoms with van der Waals surface area (Å²) in [6, 6.07) is 0. The number of carbonyl (C=O) groups excluding carboxylic acids is 2. The lowest BCUT2D eigenvalue weighted by Gasteiger charge is -2.17. The number of hydrogen-bond donors (Lipinski definition) is 1. The van der Waals surface area contributed by atoms with Gasteiger partial charge < -0.3 is 4.74 Å². The van der Waals surface area contributed by atoms with Crippen LogP contribution in [-0.4, -0.2) is 29.1 Å². The van der Waals surface area contributed by atoms with Crippen molar-refractivity contribution < 1.29 is 14.3 Å². The van der Waals surface area contributed by atoms with E-state index in [2.05, 4.69) is 14.9 Å². The first-order valence-electron chi connectivity index (χ1n) is 5.00. The molecule has 0 aliphatic rings. The van der Waals surface area contributed by atoms with Crippen molar-refractivity contribution in [1.82, 2.24) is 10.2 Å². The number of carbonyl (C=O) groups is 2. The fraction of sp³-hybridized carbons (Fsp3) is 0.545. The maximum Gasteiger partial charge on any atom is 0.313 e. The van der Waals surface area contributed by atoms with Gasteiger partial charge in [-0.25, -0.2) is 0 Å². The zero-order valence-electron chi connectivity index (χ0n) is 9.96. The number of Topliss-reactive ketones (excluding diaryl/α,β-unsaturated/α-hetero) is 1. The Kier molecular flexibility index (Phi) is 3.47. The highest BCUT2D eigenvalue weighted by Gasteiger charge is 2.25. The van der Waals surface area contributed by atoms with Crippen LogP contribution in [-0.2, 0) is 14.9 Å². The van der Waals surface area contributed by atoms with E-state index in [4.69, 9.17) is 0 Å². The Morgan fingerprint density at radius 1 is 1.44 bits per heavy atom. The molecule has 0 unspecified atom stereocenters. The number of nitrogens with zero attached hydrogens (tertiary/aromatic N) is 1. The van der Waals surface area contributed by atoms with Crippen LogP contribution in [0.2, 0.25) is 0 Å². The summed E-state index contributed by atoms with van der Waals surface area (Å²) in [5.74, 6) is -0.809. The molecular weight excluding hydrogens is 208 g/mol. The van der Waals surface area contributed by atoms with Crippen molar-refractivity contribution in [2.75, 3.05) is 7.11 Å². The second kappa shape index (κ2) is 4.47. The Labute approximate surface area is 94.2 Å². The number of hydrogen-bond acceptors (Lipinski definition) is 4. The van der Waals surface area contributed by atoms with Crippen molar-refractivity contribution in [3.8, 4) is 0 Å². The van der Waals surface area contributed by atoms with E-state index in [1.54, 1.807) is 0 Å². The molecule has 1 N–H and O–H groups in total. The van der Waals surface area contributed by atoms with Crippen molar-refractivity contribution in [2.45, 2.75) is 32.6 Å². The third kappa shape index (κ3) is 2.68. The number of aromatic amines is 1. The van der Waals surface area contributed by atoms with Crippen LogP contribution >= 0.6 is 0 Å². The molecule has 0 atom stereocenters. The van der Waals surface area contributed by atoms with Crippen LogP contribution in [0.15, 0.2) is 6.20 Å². The molecule has 1 heterocycles. The average Bonchev–Trinajstić information content (AvgIpc) is 2.65. The van der Waals surface area contributed by atoms with Gasteiger partial charge in [0.15, 0.2) is 5.78 Å². The van der Waals surface area contributed by atoms with Crippen molar-refractivity contribution in [3.63, 3.8) is 0 Å². The molecule has 0 aliphatic heterocycles. The maximum atomic E-state index is 11.8. The summed E-state index contributed by atoms with van der Waals surface area (Å²) in [7, 11) is 1.26. The number of H-pyrrole nitrogens is 1. The van der Waals surface area contributed by atoms with Gasteiger partial charge in [-0.05, 0) is 0 Å². The van der Waals surface area contributed by atoms with E-state index in [0.29, 0.717) is 5.56 Å². The molecule has 1 aromatic rings. The molecule has 0 radical (unpaired) electrons. The molecule has 1 rings (SSSR count). The summed E-state index contributed by atoms with van der Waals surface area (Å²) in [6.45, 7) is 5.90. The second-order valence-corrected chi connectivity index (χ2v) is 4.58. The third-order valence-corrected chi connectivity index (χ3v) is 2.22. The first kappa shape index (κ1) is 12.4. The molecule has 0 fully saturated rings. The fourth-order valence-electron chi connectivity index (χ4n) is 1.37. The number of nitrogens with one attached hydrogen (secondary N) is 1. The van der Waals surface area contributed by atoms with E-state index in [-0.39, 0.29) is 17.6 Å². The molecule has 0 amide bonds. The topological polar surface area (TPSA) is 72.1 Å². The SMILES string of the molecule is COC(=O)CC(=O)c1cn[nH]c1C(C)(C)C. The van der Waals surface area contributed by atoms with E-state index in [9.17, 15) is 9.59 Å². The third-order valence-electron chi connectivity index (χ3n) is 2.22. The number of ketones is 1. The molecule has 0 aliphatic carbocycles. The van der Waals surface area contributed by atoms with Crippen LogP contribution in [0.5, 0.6) is 0 Å². The summed E-state index contributed by atoms with van der Waals surface area (Å²) in [5.41, 5.74) is 0.983. The normalized spacial score (nSPS) is 11.2. The van der Waals surface area contributed by atoms with Crippen LogP contribution in [0.1, 0.15) is 43.2 Å². The van der Waals surface area contributed by atoms with E-state index >= 15 is 0 Å². The van der Waals surface area contributed by atoms with Gasteiger partial charge in [-0.2, -0.15) is 5.10 Å². The Hall–Kier alpha value is -1.65. The van der Waals surface area contributed by atoms with Crippen molar-refractivity contribution in [1.29, 1.82) is 0 Å². The zero-order valence-corrected chi connectivity index (χ0v) is 9.96. The first-order valence-corrected chi connectivity index (χ1v) is 5.00. The van der Waals surface area contributed by atoms with Crippen LogP contribution < -0.4 is 0 Å². The lowest BCUT2D eigenvalue weighted by molar-refractivity contribution is -0.139. The zero-order chi connectivity index (χ0) is 12.3. The molecule has 0 saturated heterocycles. The molecule has 0 bridgehead atoms. The smallest absolute Gasteiger partial charge is 0.313 e. The van der Waals surface area contributed by atoms with Gasteiger partial charge in [0, 0.05) is 5.41 Å². The molecule has 0 saturated carbocycles. The fourth-order valence-corrected chi connectivity index (χ4v) is 1.37. The van der Waals surface area contributed by atoms with Crippen LogP contribution in [0, 0.1) is 0 Å². The lowest BCUT2D eigenvalue weighted by Crippen LogP contribution is -2.18. The predicted molar refractivity (Wildman–Crippen MR) is 58.3 cm³/mol. The van der Waals surface area contributed by atoms with Crippen molar-refractivity contribution in [2.24, 2.45) is 0 Å². The van der Waals surface area contributed by atoms with Crippen molar-refractivity contribution in [3.05, 3.63) is 17.5 Å². The Morgan fingerprint density at radius 2 is 2.06 bits per heavy atom. The molecule has 16 heavy (non-hydrogen) atoms. The number of esters is 1. The van der Waals surface area contributed by atoms with Crippen LogP contribution in [0.25, 0.3) is 0 Å². The molecule has 88 valence electrons. The highest BCUT2D eigenvalue weighted by Crippen LogP contribution is 2.24. The quantitative estimate of drug-likeness (QED) is 0.479. The second-order valence-electron chi connectivity index (χ2n) is 4.58. The first-order chi connectivity index (χ1) is 7.36. The Balaban J connectivity index is 2.93. The Bertz CT molecular complexity index is 402. The summed E-state index contributed by atoms with van der Waals surface area (Å²) >= 11 is 0. The number of ether oxygens (including phenoxy) is 1. The van der Waals surface area contributed by atoms with Gasteiger partial charge in [0.1, 0.15) is 6.42 Å². The minimum atomic E-state index is -0.536. The Morgan fingerprint density at radius 3 is 2.56 bits per heavy atom. The maximum absolute atomic E-state index is 11.8. The standard InChI is InChI=1S/C11H16N2O3/c1-11(2,3)10-7(6-12-13-10)8(14)5-9(15)16-4/h6H,5H2,1-4H3,(H,12,13). The van der Waals surface area contributed by atoms with Gasteiger partial charge in [0.2, 0.25) is 0 Å². The van der Waals surface area contributed by atoms with Gasteiger partial charge in [-0.3, -0.25) is 14.7 Å².